The zero-order valence-electron chi connectivity index (χ0n) is 17.5. The summed E-state index contributed by atoms with van der Waals surface area (Å²) >= 11 is 0. The summed E-state index contributed by atoms with van der Waals surface area (Å²) in [6.07, 6.45) is 2.80. The molecule has 32 heavy (non-hydrogen) atoms. The number of carbonyl (C=O) groups excluding carboxylic acids is 1. The molecule has 0 atom stereocenters. The fraction of sp³-hybridized carbons (Fsp3) is 0.0833. The number of ether oxygens (including phenoxy) is 1. The number of anilines is 1. The minimum atomic E-state index is -3.44. The Morgan fingerprint density at radius 2 is 1.75 bits per heavy atom. The third-order valence-corrected chi connectivity index (χ3v) is 6.11. The third-order valence-electron chi connectivity index (χ3n) is 5.00. The largest absolute Gasteiger partial charge is 0.497 e. The molecule has 0 unspecified atom stereocenters. The fourth-order valence-corrected chi connectivity index (χ4v) is 3.99. The molecule has 4 rings (SSSR count). The van der Waals surface area contributed by atoms with E-state index in [1.165, 1.54) is 18.2 Å². The van der Waals surface area contributed by atoms with Crippen molar-refractivity contribution < 1.29 is 17.9 Å². The molecule has 4 aromatic rings. The van der Waals surface area contributed by atoms with Crippen LogP contribution in [0.25, 0.3) is 22.4 Å². The molecule has 0 aliphatic rings. The van der Waals surface area contributed by atoms with Gasteiger partial charge < -0.3 is 10.1 Å². The van der Waals surface area contributed by atoms with Crippen LogP contribution in [0.2, 0.25) is 0 Å². The van der Waals surface area contributed by atoms with Crippen molar-refractivity contribution in [3.8, 4) is 28.1 Å². The van der Waals surface area contributed by atoms with Crippen LogP contribution in [-0.4, -0.2) is 37.9 Å². The lowest BCUT2D eigenvalue weighted by Gasteiger charge is -2.13. The summed E-state index contributed by atoms with van der Waals surface area (Å²) in [5.41, 5.74) is 3.88. The Kier molecular flexibility index (Phi) is 5.79. The van der Waals surface area contributed by atoms with Crippen LogP contribution in [-0.2, 0) is 9.84 Å². The van der Waals surface area contributed by atoms with Gasteiger partial charge in [0.2, 0.25) is 0 Å². The molecule has 8 heteroatoms. The molecule has 0 aliphatic carbocycles. The van der Waals surface area contributed by atoms with Crippen LogP contribution in [0.1, 0.15) is 10.4 Å². The summed E-state index contributed by atoms with van der Waals surface area (Å²) in [6, 6.07) is 20.8. The quantitative estimate of drug-likeness (QED) is 0.456. The number of aromatic amines is 1. The molecule has 0 fully saturated rings. The van der Waals surface area contributed by atoms with E-state index in [0.717, 1.165) is 17.5 Å². The van der Waals surface area contributed by atoms with Crippen molar-refractivity contribution in [3.05, 3.63) is 84.6 Å². The topological polar surface area (TPSA) is 101 Å². The lowest BCUT2D eigenvalue weighted by Crippen LogP contribution is -2.14. The summed E-state index contributed by atoms with van der Waals surface area (Å²) in [4.78, 5) is 13.3. The molecule has 1 heterocycles. The molecule has 1 aromatic heterocycles. The Labute approximate surface area is 186 Å². The maximum atomic E-state index is 13.2. The van der Waals surface area contributed by atoms with Gasteiger partial charge >= 0.3 is 0 Å². The lowest BCUT2D eigenvalue weighted by molar-refractivity contribution is 0.102. The molecule has 162 valence electrons. The summed E-state index contributed by atoms with van der Waals surface area (Å²) in [5, 5.41) is 9.75. The van der Waals surface area contributed by atoms with Gasteiger partial charge in [-0.3, -0.25) is 9.89 Å². The van der Waals surface area contributed by atoms with Crippen LogP contribution in [0.3, 0.4) is 0 Å². The van der Waals surface area contributed by atoms with Gasteiger partial charge in [0.05, 0.1) is 17.7 Å². The summed E-state index contributed by atoms with van der Waals surface area (Å²) in [7, 11) is -1.88. The molecule has 0 aliphatic heterocycles. The number of methoxy groups -OCH3 is 1. The molecule has 1 amide bonds. The van der Waals surface area contributed by atoms with E-state index in [1.54, 1.807) is 43.6 Å². The molecule has 7 nitrogen and oxygen atoms in total. The molecule has 0 radical (unpaired) electrons. The van der Waals surface area contributed by atoms with E-state index in [0.29, 0.717) is 28.1 Å². The number of hydrogen-bond acceptors (Lipinski definition) is 5. The Hall–Kier alpha value is -3.91. The summed E-state index contributed by atoms with van der Waals surface area (Å²) < 4.78 is 29.4. The third kappa shape index (κ3) is 4.55. The first-order valence-corrected chi connectivity index (χ1v) is 11.6. The molecule has 3 aromatic carbocycles. The second-order valence-corrected chi connectivity index (χ2v) is 9.23. The first-order chi connectivity index (χ1) is 15.3. The number of sulfone groups is 1. The van der Waals surface area contributed by atoms with Crippen molar-refractivity contribution in [2.75, 3.05) is 18.7 Å². The predicted molar refractivity (Wildman–Crippen MR) is 124 cm³/mol. The summed E-state index contributed by atoms with van der Waals surface area (Å²) in [5.74, 6) is 0.312. The van der Waals surface area contributed by atoms with Gasteiger partial charge in [-0.1, -0.05) is 24.3 Å². The zero-order chi connectivity index (χ0) is 22.7. The highest BCUT2D eigenvalue weighted by molar-refractivity contribution is 7.90. The molecule has 0 saturated heterocycles. The fourth-order valence-electron chi connectivity index (χ4n) is 3.34. The lowest BCUT2D eigenvalue weighted by atomic mass is 9.99. The maximum absolute atomic E-state index is 13.2. The van der Waals surface area contributed by atoms with E-state index in [4.69, 9.17) is 4.74 Å². The highest BCUT2D eigenvalue weighted by atomic mass is 32.2. The number of rotatable bonds is 6. The number of carbonyl (C=O) groups is 1. The number of H-pyrrole nitrogens is 1. The first kappa shape index (κ1) is 21.3. The van der Waals surface area contributed by atoms with Crippen molar-refractivity contribution in [1.82, 2.24) is 10.2 Å². The van der Waals surface area contributed by atoms with Crippen molar-refractivity contribution in [3.63, 3.8) is 0 Å². The van der Waals surface area contributed by atoms with Crippen LogP contribution >= 0.6 is 0 Å². The number of nitrogens with one attached hydrogen (secondary N) is 2. The Bertz CT molecular complexity index is 1360. The van der Waals surface area contributed by atoms with E-state index >= 15 is 0 Å². The SMILES string of the molecule is COc1ccc(-c2cc(S(C)(=O)=O)ccc2C(=O)Nc2cccc(-c3ccn[nH]3)c2)cc1. The van der Waals surface area contributed by atoms with Gasteiger partial charge in [-0.25, -0.2) is 8.42 Å². The Balaban J connectivity index is 1.72. The van der Waals surface area contributed by atoms with Gasteiger partial charge in [-0.2, -0.15) is 5.10 Å². The highest BCUT2D eigenvalue weighted by Crippen LogP contribution is 2.29. The van der Waals surface area contributed by atoms with Crippen LogP contribution < -0.4 is 10.1 Å². The minimum absolute atomic E-state index is 0.140. The minimum Gasteiger partial charge on any atom is -0.497 e. The van der Waals surface area contributed by atoms with Crippen molar-refractivity contribution in [2.24, 2.45) is 0 Å². The molecule has 0 saturated carbocycles. The monoisotopic (exact) mass is 447 g/mol. The van der Waals surface area contributed by atoms with Crippen LogP contribution in [0, 0.1) is 0 Å². The van der Waals surface area contributed by atoms with E-state index in [-0.39, 0.29) is 10.8 Å². The van der Waals surface area contributed by atoms with Crippen LogP contribution in [0.5, 0.6) is 5.75 Å². The second-order valence-electron chi connectivity index (χ2n) is 7.21. The Morgan fingerprint density at radius 1 is 0.969 bits per heavy atom. The second kappa shape index (κ2) is 8.68. The number of hydrogen-bond donors (Lipinski definition) is 2. The molecular weight excluding hydrogens is 426 g/mol. The van der Waals surface area contributed by atoms with Crippen LogP contribution in [0.15, 0.2) is 83.9 Å². The van der Waals surface area contributed by atoms with E-state index in [2.05, 4.69) is 15.5 Å². The van der Waals surface area contributed by atoms with E-state index in [9.17, 15) is 13.2 Å². The van der Waals surface area contributed by atoms with Crippen molar-refractivity contribution in [2.45, 2.75) is 4.90 Å². The average molecular weight is 448 g/mol. The number of amides is 1. The van der Waals surface area contributed by atoms with Crippen LogP contribution in [0.4, 0.5) is 5.69 Å². The highest BCUT2D eigenvalue weighted by Gasteiger charge is 2.18. The first-order valence-electron chi connectivity index (χ1n) is 9.75. The van der Waals surface area contributed by atoms with E-state index in [1.807, 2.05) is 24.3 Å². The number of benzene rings is 3. The Morgan fingerprint density at radius 3 is 2.41 bits per heavy atom. The molecular formula is C24H21N3O4S. The van der Waals surface area contributed by atoms with Crippen molar-refractivity contribution >= 4 is 21.4 Å². The number of aromatic nitrogens is 2. The maximum Gasteiger partial charge on any atom is 0.256 e. The van der Waals surface area contributed by atoms with E-state index < -0.39 is 9.84 Å². The van der Waals surface area contributed by atoms with Gasteiger partial charge in [0, 0.05) is 29.3 Å². The summed E-state index contributed by atoms with van der Waals surface area (Å²) in [6.45, 7) is 0. The predicted octanol–water partition coefficient (Wildman–Crippen LogP) is 4.41. The average Bonchev–Trinajstić information content (AvgIpc) is 3.33. The zero-order valence-corrected chi connectivity index (χ0v) is 18.3. The van der Waals surface area contributed by atoms with Crippen molar-refractivity contribution in [1.29, 1.82) is 0 Å². The van der Waals surface area contributed by atoms with Gasteiger partial charge in [-0.15, -0.1) is 0 Å². The standard InChI is InChI=1S/C24H21N3O4S/c1-31-19-8-6-16(7-9-19)22-15-20(32(2,29)30)10-11-21(22)24(28)26-18-5-3-4-17(14-18)23-12-13-25-27-23/h3-15H,1-2H3,(H,25,27)(H,26,28). The normalized spacial score (nSPS) is 11.2. The molecule has 0 spiro atoms. The molecule has 0 bridgehead atoms. The van der Waals surface area contributed by atoms with Gasteiger partial charge in [0.1, 0.15) is 5.75 Å². The van der Waals surface area contributed by atoms with Gasteiger partial charge in [0.15, 0.2) is 9.84 Å². The van der Waals surface area contributed by atoms with Gasteiger partial charge in [0.25, 0.3) is 5.91 Å². The smallest absolute Gasteiger partial charge is 0.256 e. The molecule has 2 N–H and O–H groups in total. The van der Waals surface area contributed by atoms with Gasteiger partial charge in [-0.05, 0) is 59.7 Å². The number of nitrogens with zero attached hydrogens (tertiary/aromatic N) is 1.